The van der Waals surface area contributed by atoms with E-state index in [2.05, 4.69) is 28.6 Å². The predicted octanol–water partition coefficient (Wildman–Crippen LogP) is 3.48. The van der Waals surface area contributed by atoms with Crippen LogP contribution < -0.4 is 0 Å². The Bertz CT molecular complexity index is 933. The molecule has 1 aromatic carbocycles. The van der Waals surface area contributed by atoms with Gasteiger partial charge in [-0.3, -0.25) is 4.98 Å². The largest absolute Gasteiger partial charge is 0.343 e. The maximum absolute atomic E-state index is 11.9. The Kier molecular flexibility index (Phi) is 3.98. The average molecular weight is 328 g/mol. The lowest BCUT2D eigenvalue weighted by Gasteiger charge is -2.08. The van der Waals surface area contributed by atoms with Crippen LogP contribution in [-0.4, -0.2) is 23.7 Å². The third-order valence-corrected chi connectivity index (χ3v) is 5.91. The van der Waals surface area contributed by atoms with Crippen LogP contribution >= 0.6 is 0 Å². The van der Waals surface area contributed by atoms with Crippen LogP contribution in [0.2, 0.25) is 0 Å². The molecule has 0 fully saturated rings. The molecule has 23 heavy (non-hydrogen) atoms. The Morgan fingerprint density at radius 2 is 1.91 bits per heavy atom. The van der Waals surface area contributed by atoms with Gasteiger partial charge in [0.1, 0.15) is 0 Å². The number of hydrogen-bond acceptors (Lipinski definition) is 3. The van der Waals surface area contributed by atoms with Crippen LogP contribution in [0.1, 0.15) is 18.1 Å². The molecule has 0 saturated carbocycles. The van der Waals surface area contributed by atoms with Crippen LogP contribution in [0.3, 0.4) is 0 Å². The smallest absolute Gasteiger partial charge is 0.154 e. The number of para-hydroxylation sites is 1. The van der Waals surface area contributed by atoms with Crippen LogP contribution in [0.4, 0.5) is 0 Å². The number of aryl methyl sites for hydroxylation is 2. The minimum Gasteiger partial charge on any atom is -0.343 e. The van der Waals surface area contributed by atoms with E-state index in [1.807, 2.05) is 25.2 Å². The molecule has 5 heteroatoms. The van der Waals surface area contributed by atoms with Gasteiger partial charge in [-0.25, -0.2) is 8.42 Å². The Hall–Kier alpha value is -2.14. The Morgan fingerprint density at radius 3 is 2.61 bits per heavy atom. The van der Waals surface area contributed by atoms with E-state index in [-0.39, 0.29) is 11.5 Å². The third kappa shape index (κ3) is 2.88. The monoisotopic (exact) mass is 328 g/mol. The van der Waals surface area contributed by atoms with Crippen LogP contribution in [0.15, 0.2) is 42.7 Å². The Balaban J connectivity index is 2.13. The molecular weight excluding hydrogens is 308 g/mol. The van der Waals surface area contributed by atoms with E-state index in [9.17, 15) is 8.42 Å². The molecule has 4 nitrogen and oxygen atoms in total. The van der Waals surface area contributed by atoms with E-state index in [4.69, 9.17) is 0 Å². The fourth-order valence-corrected chi connectivity index (χ4v) is 3.91. The Labute approximate surface area is 136 Å². The van der Waals surface area contributed by atoms with Crippen molar-refractivity contribution in [3.8, 4) is 11.3 Å². The maximum atomic E-state index is 11.9. The zero-order valence-corrected chi connectivity index (χ0v) is 14.4. The molecule has 0 aliphatic carbocycles. The van der Waals surface area contributed by atoms with Gasteiger partial charge in [-0.2, -0.15) is 0 Å². The molecule has 0 unspecified atom stereocenters. The average Bonchev–Trinajstić information content (AvgIpc) is 2.79. The quantitative estimate of drug-likeness (QED) is 0.737. The van der Waals surface area contributed by atoms with Crippen molar-refractivity contribution in [2.45, 2.75) is 19.6 Å². The zero-order chi connectivity index (χ0) is 16.6. The van der Waals surface area contributed by atoms with Crippen LogP contribution in [-0.2, 0) is 22.6 Å². The van der Waals surface area contributed by atoms with Crippen LogP contribution in [0.25, 0.3) is 22.2 Å². The first kappa shape index (κ1) is 15.7. The molecule has 0 radical (unpaired) electrons. The first-order valence-electron chi connectivity index (χ1n) is 7.61. The molecule has 0 spiro atoms. The number of rotatable bonds is 4. The maximum Gasteiger partial charge on any atom is 0.154 e. The highest BCUT2D eigenvalue weighted by atomic mass is 32.2. The van der Waals surface area contributed by atoms with Crippen molar-refractivity contribution in [3.05, 3.63) is 53.9 Å². The number of nitrogens with zero attached hydrogens (tertiary/aromatic N) is 2. The van der Waals surface area contributed by atoms with Crippen LogP contribution in [0, 0.1) is 6.92 Å². The number of aromatic nitrogens is 2. The van der Waals surface area contributed by atoms with E-state index in [1.54, 1.807) is 19.3 Å². The molecule has 120 valence electrons. The van der Waals surface area contributed by atoms with Crippen molar-refractivity contribution < 1.29 is 8.42 Å². The highest BCUT2D eigenvalue weighted by molar-refractivity contribution is 7.90. The molecule has 0 atom stereocenters. The van der Waals surface area contributed by atoms with Gasteiger partial charge in [0.25, 0.3) is 0 Å². The SMILES string of the molecule is CCS(=O)(=O)Cc1cncc(-c2c(C)c3ccccc3n2C)c1. The van der Waals surface area contributed by atoms with Gasteiger partial charge >= 0.3 is 0 Å². The molecule has 0 saturated heterocycles. The molecule has 2 aromatic heterocycles. The summed E-state index contributed by atoms with van der Waals surface area (Å²) in [6.45, 7) is 3.76. The number of sulfone groups is 1. The summed E-state index contributed by atoms with van der Waals surface area (Å²) in [5.41, 5.74) is 5.10. The van der Waals surface area contributed by atoms with Crippen LogP contribution in [0.5, 0.6) is 0 Å². The molecular formula is C18H20N2O2S. The second-order valence-electron chi connectivity index (χ2n) is 5.81. The van der Waals surface area contributed by atoms with E-state index in [0.29, 0.717) is 0 Å². The predicted molar refractivity (Wildman–Crippen MR) is 94.1 cm³/mol. The van der Waals surface area contributed by atoms with Crippen molar-refractivity contribution in [1.29, 1.82) is 0 Å². The molecule has 0 N–H and O–H groups in total. The summed E-state index contributed by atoms with van der Waals surface area (Å²) in [7, 11) is -1.04. The first-order chi connectivity index (χ1) is 10.9. The minimum atomic E-state index is -3.06. The van der Waals surface area contributed by atoms with E-state index < -0.39 is 9.84 Å². The summed E-state index contributed by atoms with van der Waals surface area (Å²) >= 11 is 0. The molecule has 0 aliphatic heterocycles. The molecule has 0 amide bonds. The number of pyridine rings is 1. The van der Waals surface area contributed by atoms with Gasteiger partial charge in [-0.05, 0) is 30.2 Å². The molecule has 3 aromatic rings. The second-order valence-corrected chi connectivity index (χ2v) is 8.16. The Morgan fingerprint density at radius 1 is 1.17 bits per heavy atom. The van der Waals surface area contributed by atoms with Gasteiger partial charge < -0.3 is 4.57 Å². The zero-order valence-electron chi connectivity index (χ0n) is 13.6. The van der Waals surface area contributed by atoms with Gasteiger partial charge in [0, 0.05) is 41.7 Å². The van der Waals surface area contributed by atoms with Crippen molar-refractivity contribution in [1.82, 2.24) is 9.55 Å². The lowest BCUT2D eigenvalue weighted by molar-refractivity contribution is 0.596. The molecule has 0 bridgehead atoms. The van der Waals surface area contributed by atoms with Crippen molar-refractivity contribution in [3.63, 3.8) is 0 Å². The second kappa shape index (κ2) is 5.81. The fraction of sp³-hybridized carbons (Fsp3) is 0.278. The standard InChI is InChI=1S/C18H20N2O2S/c1-4-23(21,22)12-14-9-15(11-19-10-14)18-13(2)16-7-5-6-8-17(16)20(18)3/h5-11H,4,12H2,1-3H3. The van der Waals surface area contributed by atoms with E-state index >= 15 is 0 Å². The van der Waals surface area contributed by atoms with E-state index in [1.165, 1.54) is 10.9 Å². The van der Waals surface area contributed by atoms with Gasteiger partial charge in [0.15, 0.2) is 9.84 Å². The summed E-state index contributed by atoms with van der Waals surface area (Å²) in [6.07, 6.45) is 3.43. The summed E-state index contributed by atoms with van der Waals surface area (Å²) in [4.78, 5) is 4.25. The topological polar surface area (TPSA) is 52.0 Å². The van der Waals surface area contributed by atoms with Crippen molar-refractivity contribution in [2.75, 3.05) is 5.75 Å². The lowest BCUT2D eigenvalue weighted by Crippen LogP contribution is -2.07. The number of fused-ring (bicyclic) bond motifs is 1. The summed E-state index contributed by atoms with van der Waals surface area (Å²) in [5.74, 6) is 0.178. The van der Waals surface area contributed by atoms with E-state index in [0.717, 1.165) is 22.3 Å². The first-order valence-corrected chi connectivity index (χ1v) is 9.44. The summed E-state index contributed by atoms with van der Waals surface area (Å²) in [6, 6.07) is 10.2. The van der Waals surface area contributed by atoms with Gasteiger partial charge in [-0.15, -0.1) is 0 Å². The number of benzene rings is 1. The fourth-order valence-electron chi connectivity index (χ4n) is 3.04. The summed E-state index contributed by atoms with van der Waals surface area (Å²) in [5, 5.41) is 1.21. The highest BCUT2D eigenvalue weighted by Crippen LogP contribution is 2.32. The van der Waals surface area contributed by atoms with Gasteiger partial charge in [0.05, 0.1) is 11.4 Å². The molecule has 2 heterocycles. The highest BCUT2D eigenvalue weighted by Gasteiger charge is 2.15. The number of hydrogen-bond donors (Lipinski definition) is 0. The van der Waals surface area contributed by atoms with Gasteiger partial charge in [0.2, 0.25) is 0 Å². The van der Waals surface area contributed by atoms with Crippen molar-refractivity contribution in [2.24, 2.45) is 7.05 Å². The van der Waals surface area contributed by atoms with Gasteiger partial charge in [-0.1, -0.05) is 25.1 Å². The summed E-state index contributed by atoms with van der Waals surface area (Å²) < 4.78 is 25.9. The molecule has 0 aliphatic rings. The lowest BCUT2D eigenvalue weighted by atomic mass is 10.1. The normalized spacial score (nSPS) is 12.0. The minimum absolute atomic E-state index is 0.0350. The van der Waals surface area contributed by atoms with Crippen molar-refractivity contribution >= 4 is 20.7 Å². The third-order valence-electron chi connectivity index (χ3n) is 4.25. The molecule has 3 rings (SSSR count).